The first-order valence-corrected chi connectivity index (χ1v) is 5.28. The van der Waals surface area contributed by atoms with Crippen molar-refractivity contribution in [3.05, 3.63) is 40.7 Å². The number of nitrogen functional groups attached to an aromatic ring is 1. The van der Waals surface area contributed by atoms with Crippen LogP contribution in [0.3, 0.4) is 0 Å². The number of aromatic nitrogens is 2. The normalized spacial score (nSPS) is 10.3. The molecule has 1 aromatic heterocycles. The van der Waals surface area contributed by atoms with Crippen molar-refractivity contribution in [3.8, 4) is 17.0 Å². The Morgan fingerprint density at radius 3 is 2.89 bits per heavy atom. The third-order valence-corrected chi connectivity index (χ3v) is 2.26. The molecule has 0 atom stereocenters. The van der Waals surface area contributed by atoms with Crippen LogP contribution in [0.1, 0.15) is 0 Å². The number of rotatable bonds is 4. The van der Waals surface area contributed by atoms with Crippen LogP contribution >= 0.6 is 0 Å². The monoisotopic (exact) mass is 247 g/mol. The molecule has 6 heteroatoms. The van der Waals surface area contributed by atoms with Crippen molar-refractivity contribution >= 4 is 5.95 Å². The highest BCUT2D eigenvalue weighted by Crippen LogP contribution is 2.27. The highest BCUT2D eigenvalue weighted by atomic mass is 16.7. The molecular formula is C12H13N3O3. The van der Waals surface area contributed by atoms with E-state index in [-0.39, 0.29) is 18.3 Å². The Morgan fingerprint density at radius 1 is 1.39 bits per heavy atom. The van der Waals surface area contributed by atoms with Gasteiger partial charge < -0.3 is 15.2 Å². The maximum atomic E-state index is 11.4. The van der Waals surface area contributed by atoms with E-state index in [1.54, 1.807) is 12.1 Å². The molecule has 1 aromatic carbocycles. The molecule has 0 aliphatic heterocycles. The van der Waals surface area contributed by atoms with Crippen molar-refractivity contribution < 1.29 is 9.47 Å². The van der Waals surface area contributed by atoms with Crippen molar-refractivity contribution in [3.63, 3.8) is 0 Å². The number of ether oxygens (including phenoxy) is 2. The Balaban J connectivity index is 2.46. The zero-order valence-corrected chi connectivity index (χ0v) is 9.84. The maximum Gasteiger partial charge on any atom is 0.252 e. The largest absolute Gasteiger partial charge is 0.467 e. The summed E-state index contributed by atoms with van der Waals surface area (Å²) in [6.07, 6.45) is 0. The molecule has 94 valence electrons. The quantitative estimate of drug-likeness (QED) is 0.787. The molecule has 0 spiro atoms. The van der Waals surface area contributed by atoms with Gasteiger partial charge in [-0.25, -0.2) is 4.98 Å². The lowest BCUT2D eigenvalue weighted by Gasteiger charge is -2.10. The molecule has 3 N–H and O–H groups in total. The first-order valence-electron chi connectivity index (χ1n) is 5.28. The van der Waals surface area contributed by atoms with Crippen LogP contribution in [0.15, 0.2) is 35.1 Å². The zero-order valence-electron chi connectivity index (χ0n) is 9.84. The first kappa shape index (κ1) is 12.1. The van der Waals surface area contributed by atoms with E-state index in [1.807, 2.05) is 12.1 Å². The van der Waals surface area contributed by atoms with Gasteiger partial charge in [0.25, 0.3) is 5.56 Å². The number of benzene rings is 1. The average molecular weight is 247 g/mol. The van der Waals surface area contributed by atoms with Gasteiger partial charge in [-0.1, -0.05) is 12.1 Å². The molecule has 0 saturated heterocycles. The Labute approximate surface area is 103 Å². The minimum atomic E-state index is -0.306. The molecular weight excluding hydrogens is 234 g/mol. The molecule has 0 bridgehead atoms. The smallest absolute Gasteiger partial charge is 0.252 e. The van der Waals surface area contributed by atoms with E-state index in [4.69, 9.17) is 15.2 Å². The van der Waals surface area contributed by atoms with Crippen LogP contribution in [0.4, 0.5) is 5.95 Å². The molecule has 0 aliphatic carbocycles. The third-order valence-electron chi connectivity index (χ3n) is 2.26. The van der Waals surface area contributed by atoms with Gasteiger partial charge in [-0.15, -0.1) is 0 Å². The van der Waals surface area contributed by atoms with Gasteiger partial charge >= 0.3 is 0 Å². The molecule has 0 unspecified atom stereocenters. The second kappa shape index (κ2) is 5.33. The van der Waals surface area contributed by atoms with Crippen molar-refractivity contribution in [2.75, 3.05) is 19.6 Å². The second-order valence-electron chi connectivity index (χ2n) is 3.56. The van der Waals surface area contributed by atoms with Gasteiger partial charge in [-0.2, -0.15) is 0 Å². The van der Waals surface area contributed by atoms with E-state index in [0.29, 0.717) is 17.0 Å². The van der Waals surface area contributed by atoms with E-state index in [1.165, 1.54) is 13.2 Å². The number of aromatic amines is 1. The molecule has 0 aliphatic rings. The number of anilines is 1. The van der Waals surface area contributed by atoms with Crippen LogP contribution in [0.25, 0.3) is 11.3 Å². The minimum Gasteiger partial charge on any atom is -0.467 e. The Kier molecular flexibility index (Phi) is 3.59. The van der Waals surface area contributed by atoms with E-state index in [0.717, 1.165) is 0 Å². The Hall–Kier alpha value is -2.34. The summed E-state index contributed by atoms with van der Waals surface area (Å²) in [5, 5.41) is 0. The number of nitrogens with zero attached hydrogens (tertiary/aromatic N) is 1. The summed E-state index contributed by atoms with van der Waals surface area (Å²) in [6.45, 7) is 0.121. The topological polar surface area (TPSA) is 90.2 Å². The summed E-state index contributed by atoms with van der Waals surface area (Å²) >= 11 is 0. The van der Waals surface area contributed by atoms with Gasteiger partial charge in [-0.3, -0.25) is 9.78 Å². The lowest BCUT2D eigenvalue weighted by atomic mass is 10.1. The summed E-state index contributed by atoms with van der Waals surface area (Å²) < 4.78 is 10.3. The van der Waals surface area contributed by atoms with Crippen LogP contribution in [0, 0.1) is 0 Å². The highest BCUT2D eigenvalue weighted by Gasteiger charge is 2.08. The summed E-state index contributed by atoms with van der Waals surface area (Å²) in [7, 11) is 1.53. The van der Waals surface area contributed by atoms with Gasteiger partial charge in [0.1, 0.15) is 5.75 Å². The number of H-pyrrole nitrogens is 1. The predicted octanol–water partition coefficient (Wildman–Crippen LogP) is 1.00. The molecule has 0 saturated carbocycles. The van der Waals surface area contributed by atoms with Gasteiger partial charge in [0.15, 0.2) is 6.79 Å². The van der Waals surface area contributed by atoms with E-state index in [9.17, 15) is 4.79 Å². The SMILES string of the molecule is COCOc1ccccc1-c1cc(=O)[nH]c(N)n1. The predicted molar refractivity (Wildman–Crippen MR) is 67.2 cm³/mol. The summed E-state index contributed by atoms with van der Waals surface area (Å²) in [6, 6.07) is 8.59. The van der Waals surface area contributed by atoms with Crippen LogP contribution in [0.5, 0.6) is 5.75 Å². The number of para-hydroxylation sites is 1. The molecule has 2 rings (SSSR count). The number of hydrogen-bond donors (Lipinski definition) is 2. The molecule has 0 amide bonds. The van der Waals surface area contributed by atoms with Crippen LogP contribution in [-0.2, 0) is 4.74 Å². The third kappa shape index (κ3) is 2.67. The van der Waals surface area contributed by atoms with E-state index in [2.05, 4.69) is 9.97 Å². The molecule has 18 heavy (non-hydrogen) atoms. The number of nitrogens with two attached hydrogens (primary N) is 1. The zero-order chi connectivity index (χ0) is 13.0. The minimum absolute atomic E-state index is 0.0686. The lowest BCUT2D eigenvalue weighted by molar-refractivity contribution is 0.0515. The van der Waals surface area contributed by atoms with Crippen molar-refractivity contribution in [1.82, 2.24) is 9.97 Å². The molecule has 0 radical (unpaired) electrons. The highest BCUT2D eigenvalue weighted by molar-refractivity contribution is 5.67. The van der Waals surface area contributed by atoms with Gasteiger partial charge in [-0.05, 0) is 12.1 Å². The van der Waals surface area contributed by atoms with Crippen LogP contribution in [0.2, 0.25) is 0 Å². The van der Waals surface area contributed by atoms with Gasteiger partial charge in [0.2, 0.25) is 5.95 Å². The lowest BCUT2D eigenvalue weighted by Crippen LogP contribution is -2.10. The fourth-order valence-electron chi connectivity index (χ4n) is 1.54. The van der Waals surface area contributed by atoms with Crippen LogP contribution < -0.4 is 16.0 Å². The molecule has 0 fully saturated rings. The van der Waals surface area contributed by atoms with Gasteiger partial charge in [0, 0.05) is 18.7 Å². The summed E-state index contributed by atoms with van der Waals surface area (Å²) in [4.78, 5) is 17.8. The Bertz CT molecular complexity index is 595. The first-order chi connectivity index (χ1) is 8.70. The average Bonchev–Trinajstić information content (AvgIpc) is 2.35. The van der Waals surface area contributed by atoms with Crippen LogP contribution in [-0.4, -0.2) is 23.9 Å². The second-order valence-corrected chi connectivity index (χ2v) is 3.56. The summed E-state index contributed by atoms with van der Waals surface area (Å²) in [5.41, 5.74) is 6.36. The summed E-state index contributed by atoms with van der Waals surface area (Å²) in [5.74, 6) is 0.649. The van der Waals surface area contributed by atoms with Crippen molar-refractivity contribution in [1.29, 1.82) is 0 Å². The molecule has 1 heterocycles. The fraction of sp³-hybridized carbons (Fsp3) is 0.167. The number of hydrogen-bond acceptors (Lipinski definition) is 5. The standard InChI is InChI=1S/C12H13N3O3/c1-17-7-18-10-5-3-2-4-8(10)9-6-11(16)15-12(13)14-9/h2-6H,7H2,1H3,(H3,13,14,15,16). The van der Waals surface area contributed by atoms with Gasteiger partial charge in [0.05, 0.1) is 5.69 Å². The van der Waals surface area contributed by atoms with E-state index >= 15 is 0 Å². The number of methoxy groups -OCH3 is 1. The van der Waals surface area contributed by atoms with E-state index < -0.39 is 0 Å². The van der Waals surface area contributed by atoms with Crippen molar-refractivity contribution in [2.24, 2.45) is 0 Å². The Morgan fingerprint density at radius 2 is 2.17 bits per heavy atom. The molecule has 2 aromatic rings. The maximum absolute atomic E-state index is 11.4. The number of nitrogens with one attached hydrogen (secondary N) is 1. The fourth-order valence-corrected chi connectivity index (χ4v) is 1.54. The molecule has 6 nitrogen and oxygen atoms in total. The van der Waals surface area contributed by atoms with Crippen molar-refractivity contribution in [2.45, 2.75) is 0 Å².